The number of nitriles is 1. The zero-order chi connectivity index (χ0) is 13.0. The molecule has 0 spiro atoms. The third kappa shape index (κ3) is 2.88. The van der Waals surface area contributed by atoms with E-state index >= 15 is 0 Å². The summed E-state index contributed by atoms with van der Waals surface area (Å²) < 4.78 is 5.15. The summed E-state index contributed by atoms with van der Waals surface area (Å²) in [6.45, 7) is 1.97. The summed E-state index contributed by atoms with van der Waals surface area (Å²) in [5.41, 5.74) is 1.11. The van der Waals surface area contributed by atoms with Crippen molar-refractivity contribution in [3.8, 4) is 11.8 Å². The standard InChI is InChI=1S/C14H17ClN2O/c1-18-14-5-4-12(9-13(14)15)17-8-2-3-11(10-17)6-7-16/h4-5,9,11H,2-3,6,8,10H2,1H3. The van der Waals surface area contributed by atoms with Crippen molar-refractivity contribution in [3.05, 3.63) is 23.2 Å². The van der Waals surface area contributed by atoms with Crippen LogP contribution in [0.25, 0.3) is 0 Å². The number of benzene rings is 1. The van der Waals surface area contributed by atoms with Gasteiger partial charge in [-0.3, -0.25) is 0 Å². The molecule has 1 saturated heterocycles. The highest BCUT2D eigenvalue weighted by atomic mass is 35.5. The Balaban J connectivity index is 2.11. The van der Waals surface area contributed by atoms with Crippen molar-refractivity contribution >= 4 is 17.3 Å². The van der Waals surface area contributed by atoms with Crippen LogP contribution in [0.2, 0.25) is 5.02 Å². The van der Waals surface area contributed by atoms with Gasteiger partial charge in [0.1, 0.15) is 5.75 Å². The lowest BCUT2D eigenvalue weighted by atomic mass is 9.95. The van der Waals surface area contributed by atoms with Crippen LogP contribution in [0.1, 0.15) is 19.3 Å². The number of ether oxygens (including phenoxy) is 1. The number of anilines is 1. The molecule has 1 fully saturated rings. The molecule has 2 rings (SSSR count). The fourth-order valence-electron chi connectivity index (χ4n) is 2.45. The molecule has 1 aromatic rings. The van der Waals surface area contributed by atoms with Gasteiger partial charge in [-0.1, -0.05) is 11.6 Å². The van der Waals surface area contributed by atoms with Crippen LogP contribution in [0.4, 0.5) is 5.69 Å². The molecule has 18 heavy (non-hydrogen) atoms. The Labute approximate surface area is 113 Å². The van der Waals surface area contributed by atoms with Gasteiger partial charge in [0.05, 0.1) is 18.2 Å². The molecule has 0 bridgehead atoms. The van der Waals surface area contributed by atoms with E-state index in [1.54, 1.807) is 7.11 Å². The molecular weight excluding hydrogens is 248 g/mol. The molecule has 1 aliphatic heterocycles. The second-order valence-electron chi connectivity index (χ2n) is 4.64. The van der Waals surface area contributed by atoms with Gasteiger partial charge in [0.2, 0.25) is 0 Å². The van der Waals surface area contributed by atoms with Crippen LogP contribution in [-0.4, -0.2) is 20.2 Å². The third-order valence-electron chi connectivity index (χ3n) is 3.40. The van der Waals surface area contributed by atoms with Crippen molar-refractivity contribution in [1.29, 1.82) is 5.26 Å². The highest BCUT2D eigenvalue weighted by molar-refractivity contribution is 6.32. The Kier molecular flexibility index (Phi) is 4.33. The van der Waals surface area contributed by atoms with Gasteiger partial charge in [-0.2, -0.15) is 5.26 Å². The van der Waals surface area contributed by atoms with Gasteiger partial charge in [0.15, 0.2) is 0 Å². The Hall–Kier alpha value is -1.40. The van der Waals surface area contributed by atoms with E-state index in [1.165, 1.54) is 0 Å². The minimum absolute atomic E-state index is 0.477. The summed E-state index contributed by atoms with van der Waals surface area (Å²) in [4.78, 5) is 2.30. The molecule has 96 valence electrons. The van der Waals surface area contributed by atoms with Crippen LogP contribution < -0.4 is 9.64 Å². The summed E-state index contributed by atoms with van der Waals surface area (Å²) >= 11 is 6.14. The van der Waals surface area contributed by atoms with Crippen LogP contribution in [0.5, 0.6) is 5.75 Å². The largest absolute Gasteiger partial charge is 0.495 e. The topological polar surface area (TPSA) is 36.3 Å². The summed E-state index contributed by atoms with van der Waals surface area (Å²) in [6.07, 6.45) is 2.92. The smallest absolute Gasteiger partial charge is 0.137 e. The Morgan fingerprint density at radius 1 is 1.56 bits per heavy atom. The zero-order valence-corrected chi connectivity index (χ0v) is 11.3. The van der Waals surface area contributed by atoms with Crippen LogP contribution in [-0.2, 0) is 0 Å². The first kappa shape index (κ1) is 13.0. The fourth-order valence-corrected chi connectivity index (χ4v) is 2.70. The van der Waals surface area contributed by atoms with Crippen LogP contribution in [0, 0.1) is 17.2 Å². The number of methoxy groups -OCH3 is 1. The van der Waals surface area contributed by atoms with Crippen molar-refractivity contribution in [1.82, 2.24) is 0 Å². The Morgan fingerprint density at radius 2 is 2.39 bits per heavy atom. The van der Waals surface area contributed by atoms with E-state index in [9.17, 15) is 0 Å². The molecule has 0 amide bonds. The highest BCUT2D eigenvalue weighted by Gasteiger charge is 2.20. The van der Waals surface area contributed by atoms with E-state index in [4.69, 9.17) is 21.6 Å². The molecular formula is C14H17ClN2O. The number of hydrogen-bond donors (Lipinski definition) is 0. The van der Waals surface area contributed by atoms with Crippen molar-refractivity contribution in [2.24, 2.45) is 5.92 Å². The minimum Gasteiger partial charge on any atom is -0.495 e. The average Bonchev–Trinajstić information content (AvgIpc) is 2.39. The summed E-state index contributed by atoms with van der Waals surface area (Å²) in [7, 11) is 1.62. The maximum atomic E-state index is 8.78. The van der Waals surface area contributed by atoms with Gasteiger partial charge in [-0.05, 0) is 37.0 Å². The highest BCUT2D eigenvalue weighted by Crippen LogP contribution is 2.31. The van der Waals surface area contributed by atoms with E-state index in [0.29, 0.717) is 23.1 Å². The molecule has 4 heteroatoms. The monoisotopic (exact) mass is 264 g/mol. The van der Waals surface area contributed by atoms with Gasteiger partial charge in [0.25, 0.3) is 0 Å². The minimum atomic E-state index is 0.477. The lowest BCUT2D eigenvalue weighted by Gasteiger charge is -2.33. The van der Waals surface area contributed by atoms with Crippen molar-refractivity contribution in [2.75, 3.05) is 25.1 Å². The van der Waals surface area contributed by atoms with E-state index < -0.39 is 0 Å². The molecule has 1 aromatic carbocycles. The molecule has 0 saturated carbocycles. The Bertz CT molecular complexity index is 456. The maximum Gasteiger partial charge on any atom is 0.137 e. The second kappa shape index (κ2) is 5.97. The first-order chi connectivity index (χ1) is 8.74. The molecule has 0 radical (unpaired) electrons. The number of rotatable bonds is 3. The lowest BCUT2D eigenvalue weighted by molar-refractivity contribution is 0.413. The summed E-state index contributed by atoms with van der Waals surface area (Å²) in [5, 5.41) is 9.42. The summed E-state index contributed by atoms with van der Waals surface area (Å²) in [5.74, 6) is 1.18. The third-order valence-corrected chi connectivity index (χ3v) is 3.69. The van der Waals surface area contributed by atoms with Gasteiger partial charge in [-0.25, -0.2) is 0 Å². The summed E-state index contributed by atoms with van der Waals surface area (Å²) in [6, 6.07) is 8.13. The lowest BCUT2D eigenvalue weighted by Crippen LogP contribution is -2.35. The number of halogens is 1. The van der Waals surface area contributed by atoms with Crippen LogP contribution in [0.15, 0.2) is 18.2 Å². The van der Waals surface area contributed by atoms with Gasteiger partial charge in [-0.15, -0.1) is 0 Å². The predicted molar refractivity (Wildman–Crippen MR) is 73.2 cm³/mol. The van der Waals surface area contributed by atoms with Crippen LogP contribution >= 0.6 is 11.6 Å². The van der Waals surface area contributed by atoms with E-state index in [0.717, 1.165) is 31.6 Å². The van der Waals surface area contributed by atoms with Gasteiger partial charge < -0.3 is 9.64 Å². The molecule has 3 nitrogen and oxygen atoms in total. The van der Waals surface area contributed by atoms with E-state index in [-0.39, 0.29) is 0 Å². The molecule has 1 aliphatic rings. The molecule has 0 N–H and O–H groups in total. The zero-order valence-electron chi connectivity index (χ0n) is 10.5. The second-order valence-corrected chi connectivity index (χ2v) is 5.04. The number of hydrogen-bond acceptors (Lipinski definition) is 3. The molecule has 0 aliphatic carbocycles. The quantitative estimate of drug-likeness (QED) is 0.839. The molecule has 1 atom stereocenters. The number of nitrogens with zero attached hydrogens (tertiary/aromatic N) is 2. The van der Waals surface area contributed by atoms with Gasteiger partial charge >= 0.3 is 0 Å². The normalized spacial score (nSPS) is 19.4. The van der Waals surface area contributed by atoms with E-state index in [2.05, 4.69) is 11.0 Å². The van der Waals surface area contributed by atoms with Crippen LogP contribution in [0.3, 0.4) is 0 Å². The fraction of sp³-hybridized carbons (Fsp3) is 0.500. The van der Waals surface area contributed by atoms with Crippen molar-refractivity contribution in [2.45, 2.75) is 19.3 Å². The van der Waals surface area contributed by atoms with E-state index in [1.807, 2.05) is 18.2 Å². The SMILES string of the molecule is COc1ccc(N2CCCC(CC#N)C2)cc1Cl. The first-order valence-electron chi connectivity index (χ1n) is 6.20. The van der Waals surface area contributed by atoms with Crippen molar-refractivity contribution in [3.63, 3.8) is 0 Å². The first-order valence-corrected chi connectivity index (χ1v) is 6.58. The molecule has 1 unspecified atom stereocenters. The molecule has 1 heterocycles. The molecule has 0 aromatic heterocycles. The number of piperidine rings is 1. The predicted octanol–water partition coefficient (Wildman–Crippen LogP) is 3.48. The Morgan fingerprint density at radius 3 is 3.06 bits per heavy atom. The van der Waals surface area contributed by atoms with Crippen molar-refractivity contribution < 1.29 is 4.74 Å². The van der Waals surface area contributed by atoms with Gasteiger partial charge in [0, 0.05) is 25.2 Å². The average molecular weight is 265 g/mol. The maximum absolute atomic E-state index is 8.78.